The molecule has 0 unspecified atom stereocenters. The molecule has 1 fully saturated rings. The lowest BCUT2D eigenvalue weighted by Crippen LogP contribution is -2.48. The molecule has 0 spiro atoms. The van der Waals surface area contributed by atoms with Crippen molar-refractivity contribution in [1.82, 2.24) is 20.2 Å². The van der Waals surface area contributed by atoms with E-state index in [1.165, 1.54) is 0 Å². The van der Waals surface area contributed by atoms with Gasteiger partial charge in [-0.3, -0.25) is 9.78 Å². The number of rotatable bonds is 2. The Balaban J connectivity index is 1.91. The lowest BCUT2D eigenvalue weighted by Gasteiger charge is -2.36. The second-order valence-electron chi connectivity index (χ2n) is 5.14. The zero-order valence-corrected chi connectivity index (χ0v) is 13.0. The summed E-state index contributed by atoms with van der Waals surface area (Å²) in [5.41, 5.74) is 1.70. The van der Waals surface area contributed by atoms with E-state index in [-0.39, 0.29) is 11.9 Å². The summed E-state index contributed by atoms with van der Waals surface area (Å²) in [4.78, 5) is 24.2. The van der Waals surface area contributed by atoms with Crippen LogP contribution < -0.4 is 5.32 Å². The molecule has 1 aliphatic rings. The average Bonchev–Trinajstić information content (AvgIpc) is 2.86. The van der Waals surface area contributed by atoms with Crippen molar-refractivity contribution in [3.63, 3.8) is 0 Å². The highest BCUT2D eigenvalue weighted by Gasteiger charge is 2.30. The van der Waals surface area contributed by atoms with Gasteiger partial charge in [0.2, 0.25) is 0 Å². The smallest absolute Gasteiger partial charge is 0.274 e. The van der Waals surface area contributed by atoms with Gasteiger partial charge in [0, 0.05) is 36.9 Å². The lowest BCUT2D eigenvalue weighted by atomic mass is 10.0. The summed E-state index contributed by atoms with van der Waals surface area (Å²) >= 11 is 1.57. The van der Waals surface area contributed by atoms with E-state index in [0.717, 1.165) is 28.5 Å². The average molecular weight is 302 g/mol. The second-order valence-corrected chi connectivity index (χ2v) is 6.54. The third kappa shape index (κ3) is 2.82. The Labute approximate surface area is 128 Å². The van der Waals surface area contributed by atoms with E-state index in [0.29, 0.717) is 12.2 Å². The Morgan fingerprint density at radius 2 is 2.14 bits per heavy atom. The summed E-state index contributed by atoms with van der Waals surface area (Å²) in [5.74, 6) is 0.0279. The van der Waals surface area contributed by atoms with E-state index >= 15 is 0 Å². The molecule has 1 atom stereocenters. The molecule has 110 valence electrons. The number of pyridine rings is 1. The van der Waals surface area contributed by atoms with Gasteiger partial charge in [-0.2, -0.15) is 0 Å². The summed E-state index contributed by atoms with van der Waals surface area (Å²) in [6, 6.07) is 3.98. The van der Waals surface area contributed by atoms with E-state index in [2.05, 4.69) is 15.3 Å². The van der Waals surface area contributed by atoms with Crippen molar-refractivity contribution in [2.24, 2.45) is 0 Å². The number of aryl methyl sites for hydroxylation is 2. The Kier molecular flexibility index (Phi) is 3.98. The molecule has 3 rings (SSSR count). The number of hydrogen-bond donors (Lipinski definition) is 1. The number of nitrogens with one attached hydrogen (secondary N) is 1. The minimum atomic E-state index is 0.0279. The number of hydrogen-bond acceptors (Lipinski definition) is 5. The second kappa shape index (κ2) is 5.91. The van der Waals surface area contributed by atoms with Crippen LogP contribution in [0.2, 0.25) is 0 Å². The van der Waals surface area contributed by atoms with E-state index in [1.54, 1.807) is 23.7 Å². The lowest BCUT2D eigenvalue weighted by molar-refractivity contribution is 0.0628. The minimum absolute atomic E-state index is 0.0279. The molecule has 0 saturated carbocycles. The van der Waals surface area contributed by atoms with Crippen molar-refractivity contribution >= 4 is 17.2 Å². The fourth-order valence-corrected chi connectivity index (χ4v) is 3.50. The molecule has 0 aliphatic carbocycles. The third-order valence-corrected chi connectivity index (χ3v) is 4.59. The Bertz CT molecular complexity index is 640. The first-order chi connectivity index (χ1) is 10.2. The molecule has 1 amide bonds. The van der Waals surface area contributed by atoms with Gasteiger partial charge in [-0.15, -0.1) is 11.3 Å². The normalized spacial score (nSPS) is 18.8. The largest absolute Gasteiger partial charge is 0.328 e. The Morgan fingerprint density at radius 3 is 2.81 bits per heavy atom. The van der Waals surface area contributed by atoms with Crippen LogP contribution in [0.4, 0.5) is 0 Å². The van der Waals surface area contributed by atoms with Crippen LogP contribution in [0.5, 0.6) is 0 Å². The third-order valence-electron chi connectivity index (χ3n) is 3.70. The molecule has 21 heavy (non-hydrogen) atoms. The maximum absolute atomic E-state index is 12.8. The number of nitrogens with zero attached hydrogens (tertiary/aromatic N) is 3. The van der Waals surface area contributed by atoms with Gasteiger partial charge in [-0.25, -0.2) is 4.98 Å². The first-order valence-electron chi connectivity index (χ1n) is 7.02. The molecule has 0 aromatic carbocycles. The van der Waals surface area contributed by atoms with Crippen molar-refractivity contribution in [3.05, 3.63) is 45.7 Å². The Morgan fingerprint density at radius 1 is 1.38 bits per heavy atom. The molecular weight excluding hydrogens is 284 g/mol. The number of thiazole rings is 1. The first-order valence-corrected chi connectivity index (χ1v) is 7.84. The van der Waals surface area contributed by atoms with Crippen LogP contribution in [0, 0.1) is 13.8 Å². The SMILES string of the molecule is Cc1nc(C(=O)N2CCNC[C@H]2c2ccncc2)c(C)s1. The zero-order valence-electron chi connectivity index (χ0n) is 12.2. The molecule has 1 saturated heterocycles. The fourth-order valence-electron chi connectivity index (χ4n) is 2.69. The number of piperazine rings is 1. The zero-order chi connectivity index (χ0) is 14.8. The van der Waals surface area contributed by atoms with Gasteiger partial charge in [-0.1, -0.05) is 0 Å². The van der Waals surface area contributed by atoms with E-state index < -0.39 is 0 Å². The highest BCUT2D eigenvalue weighted by Crippen LogP contribution is 2.26. The first kappa shape index (κ1) is 14.2. The predicted octanol–water partition coefficient (Wildman–Crippen LogP) is 1.94. The molecule has 1 aliphatic heterocycles. The van der Waals surface area contributed by atoms with Crippen LogP contribution in [0.25, 0.3) is 0 Å². The van der Waals surface area contributed by atoms with Crippen LogP contribution >= 0.6 is 11.3 Å². The monoisotopic (exact) mass is 302 g/mol. The van der Waals surface area contributed by atoms with E-state index in [4.69, 9.17) is 0 Å². The number of amides is 1. The summed E-state index contributed by atoms with van der Waals surface area (Å²) in [5, 5.41) is 4.29. The van der Waals surface area contributed by atoms with Gasteiger partial charge in [0.05, 0.1) is 11.0 Å². The molecule has 0 bridgehead atoms. The molecule has 3 heterocycles. The molecular formula is C15H18N4OS. The van der Waals surface area contributed by atoms with Gasteiger partial charge in [0.25, 0.3) is 5.91 Å². The summed E-state index contributed by atoms with van der Waals surface area (Å²) in [7, 11) is 0. The molecule has 6 heteroatoms. The Hall–Kier alpha value is -1.79. The van der Waals surface area contributed by atoms with Crippen LogP contribution in [-0.2, 0) is 0 Å². The van der Waals surface area contributed by atoms with Crippen molar-refractivity contribution in [3.8, 4) is 0 Å². The fraction of sp³-hybridized carbons (Fsp3) is 0.400. The van der Waals surface area contributed by atoms with Crippen LogP contribution in [-0.4, -0.2) is 40.4 Å². The predicted molar refractivity (Wildman–Crippen MR) is 82.5 cm³/mol. The number of carbonyl (C=O) groups is 1. The quantitative estimate of drug-likeness (QED) is 0.921. The van der Waals surface area contributed by atoms with Crippen molar-refractivity contribution < 1.29 is 4.79 Å². The van der Waals surface area contributed by atoms with Crippen molar-refractivity contribution in [2.75, 3.05) is 19.6 Å². The van der Waals surface area contributed by atoms with Gasteiger partial charge in [-0.05, 0) is 31.5 Å². The molecule has 0 radical (unpaired) electrons. The summed E-state index contributed by atoms with van der Waals surface area (Å²) in [6.07, 6.45) is 3.54. The van der Waals surface area contributed by atoms with Crippen LogP contribution in [0.3, 0.4) is 0 Å². The van der Waals surface area contributed by atoms with Gasteiger partial charge in [0.1, 0.15) is 5.69 Å². The minimum Gasteiger partial charge on any atom is -0.328 e. The maximum atomic E-state index is 12.8. The molecule has 1 N–H and O–H groups in total. The van der Waals surface area contributed by atoms with Crippen molar-refractivity contribution in [2.45, 2.75) is 19.9 Å². The van der Waals surface area contributed by atoms with Crippen molar-refractivity contribution in [1.29, 1.82) is 0 Å². The highest BCUT2D eigenvalue weighted by molar-refractivity contribution is 7.11. The molecule has 2 aromatic heterocycles. The van der Waals surface area contributed by atoms with Crippen LogP contribution in [0.1, 0.15) is 32.0 Å². The standard InChI is InChI=1S/C15H18N4OS/c1-10-14(18-11(2)21-10)15(20)19-8-7-17-9-13(19)12-3-5-16-6-4-12/h3-6,13,17H,7-9H2,1-2H3/t13-/m0/s1. The van der Waals surface area contributed by atoms with E-state index in [1.807, 2.05) is 30.9 Å². The summed E-state index contributed by atoms with van der Waals surface area (Å²) in [6.45, 7) is 6.17. The number of carbonyl (C=O) groups excluding carboxylic acids is 1. The number of aromatic nitrogens is 2. The highest BCUT2D eigenvalue weighted by atomic mass is 32.1. The maximum Gasteiger partial charge on any atom is 0.274 e. The van der Waals surface area contributed by atoms with Gasteiger partial charge < -0.3 is 10.2 Å². The van der Waals surface area contributed by atoms with Gasteiger partial charge in [0.15, 0.2) is 0 Å². The van der Waals surface area contributed by atoms with Crippen LogP contribution in [0.15, 0.2) is 24.5 Å². The van der Waals surface area contributed by atoms with Gasteiger partial charge >= 0.3 is 0 Å². The molecule has 5 nitrogen and oxygen atoms in total. The van der Waals surface area contributed by atoms with E-state index in [9.17, 15) is 4.79 Å². The topological polar surface area (TPSA) is 58.1 Å². The summed E-state index contributed by atoms with van der Waals surface area (Å²) < 4.78 is 0. The molecule has 2 aromatic rings.